The Morgan fingerprint density at radius 1 is 1.03 bits per heavy atom. The van der Waals surface area contributed by atoms with Gasteiger partial charge in [0.1, 0.15) is 11.5 Å². The highest BCUT2D eigenvalue weighted by molar-refractivity contribution is 9.10. The smallest absolute Gasteiger partial charge is 0.300 e. The number of anilines is 1. The maximum atomic E-state index is 13.2. The minimum Gasteiger partial charge on any atom is -0.507 e. The fourth-order valence-electron chi connectivity index (χ4n) is 3.74. The number of methoxy groups -OCH3 is 1. The summed E-state index contributed by atoms with van der Waals surface area (Å²) in [5.74, 6) is -1.85. The van der Waals surface area contributed by atoms with Gasteiger partial charge in [0, 0.05) is 15.2 Å². The van der Waals surface area contributed by atoms with E-state index in [4.69, 9.17) is 27.9 Å². The largest absolute Gasteiger partial charge is 0.507 e. The molecule has 32 heavy (non-hydrogen) atoms. The molecule has 1 aliphatic heterocycles. The topological polar surface area (TPSA) is 66.8 Å². The highest BCUT2D eigenvalue weighted by Crippen LogP contribution is 2.44. The molecule has 1 saturated heterocycles. The van der Waals surface area contributed by atoms with Gasteiger partial charge in [-0.1, -0.05) is 69.5 Å². The SMILES string of the molecule is COc1c(Cl)cc(Cl)cc1/C(O)=C1\C(=O)C(=O)N(c2ccc(Br)cc2)C1c1ccccc1. The standard InChI is InChI=1S/C24H16BrCl2NO4/c1-32-23-17(11-15(26)12-18(23)27)21(29)19-20(13-5-3-2-4-6-13)28(24(31)22(19)30)16-9-7-14(25)8-10-16/h2-12,20,29H,1H3/b21-19+. The molecule has 0 aromatic heterocycles. The summed E-state index contributed by atoms with van der Waals surface area (Å²) < 4.78 is 6.17. The Bertz CT molecular complexity index is 1240. The second-order valence-electron chi connectivity index (χ2n) is 7.02. The lowest BCUT2D eigenvalue weighted by Gasteiger charge is -2.25. The van der Waals surface area contributed by atoms with Crippen molar-refractivity contribution in [3.05, 3.63) is 97.9 Å². The third kappa shape index (κ3) is 3.90. The molecule has 162 valence electrons. The number of Topliss-reactive ketones (excluding diaryl/α,β-unsaturated/α-hetero) is 1. The van der Waals surface area contributed by atoms with Crippen LogP contribution in [0.3, 0.4) is 0 Å². The molecular weight excluding hydrogens is 517 g/mol. The van der Waals surface area contributed by atoms with E-state index in [2.05, 4.69) is 15.9 Å². The van der Waals surface area contributed by atoms with Crippen molar-refractivity contribution < 1.29 is 19.4 Å². The van der Waals surface area contributed by atoms with Crippen LogP contribution in [0.4, 0.5) is 5.69 Å². The van der Waals surface area contributed by atoms with E-state index in [1.54, 1.807) is 48.5 Å². The summed E-state index contributed by atoms with van der Waals surface area (Å²) in [7, 11) is 1.39. The van der Waals surface area contributed by atoms with Gasteiger partial charge in [-0.25, -0.2) is 0 Å². The zero-order chi connectivity index (χ0) is 23.0. The molecule has 8 heteroatoms. The number of rotatable bonds is 4. The van der Waals surface area contributed by atoms with Crippen molar-refractivity contribution in [1.29, 1.82) is 0 Å². The number of aliphatic hydroxyl groups is 1. The molecule has 1 atom stereocenters. The number of halogens is 3. The molecule has 0 bridgehead atoms. The molecule has 0 spiro atoms. The van der Waals surface area contributed by atoms with Crippen LogP contribution in [0.15, 0.2) is 76.8 Å². The molecule has 3 aromatic carbocycles. The number of hydrogen-bond donors (Lipinski definition) is 1. The third-order valence-electron chi connectivity index (χ3n) is 5.13. The van der Waals surface area contributed by atoms with Crippen molar-refractivity contribution >= 4 is 62.3 Å². The van der Waals surface area contributed by atoms with Crippen LogP contribution in [0.25, 0.3) is 5.76 Å². The summed E-state index contributed by atoms with van der Waals surface area (Å²) >= 11 is 15.8. The lowest BCUT2D eigenvalue weighted by Crippen LogP contribution is -2.29. The zero-order valence-corrected chi connectivity index (χ0v) is 19.8. The molecule has 1 fully saturated rings. The number of benzene rings is 3. The molecule has 0 aliphatic carbocycles. The highest BCUT2D eigenvalue weighted by atomic mass is 79.9. The van der Waals surface area contributed by atoms with Crippen LogP contribution in [0.5, 0.6) is 5.75 Å². The molecule has 5 nitrogen and oxygen atoms in total. The number of amides is 1. The van der Waals surface area contributed by atoms with Crippen molar-refractivity contribution in [2.75, 3.05) is 12.0 Å². The van der Waals surface area contributed by atoms with E-state index < -0.39 is 23.5 Å². The van der Waals surface area contributed by atoms with Crippen molar-refractivity contribution in [3.8, 4) is 5.75 Å². The Labute approximate surface area is 203 Å². The van der Waals surface area contributed by atoms with E-state index in [0.717, 1.165) is 4.47 Å². The summed E-state index contributed by atoms with van der Waals surface area (Å²) in [6.07, 6.45) is 0. The summed E-state index contributed by atoms with van der Waals surface area (Å²) in [5, 5.41) is 11.7. The minimum absolute atomic E-state index is 0.0826. The number of ether oxygens (including phenoxy) is 1. The first-order valence-electron chi connectivity index (χ1n) is 9.48. The quantitative estimate of drug-likeness (QED) is 0.240. The summed E-state index contributed by atoms with van der Waals surface area (Å²) in [6.45, 7) is 0. The number of carbonyl (C=O) groups is 2. The summed E-state index contributed by atoms with van der Waals surface area (Å²) in [6, 6.07) is 18.0. The average Bonchev–Trinajstić information content (AvgIpc) is 3.04. The second-order valence-corrected chi connectivity index (χ2v) is 8.78. The molecule has 1 unspecified atom stereocenters. The van der Waals surface area contributed by atoms with Crippen LogP contribution in [-0.4, -0.2) is 23.9 Å². The maximum Gasteiger partial charge on any atom is 0.300 e. The van der Waals surface area contributed by atoms with Crippen molar-refractivity contribution in [1.82, 2.24) is 0 Å². The number of ketones is 1. The molecule has 0 radical (unpaired) electrons. The van der Waals surface area contributed by atoms with E-state index in [-0.39, 0.29) is 26.9 Å². The number of aliphatic hydroxyl groups excluding tert-OH is 1. The van der Waals surface area contributed by atoms with Gasteiger partial charge in [0.25, 0.3) is 11.7 Å². The van der Waals surface area contributed by atoms with E-state index in [9.17, 15) is 14.7 Å². The number of carbonyl (C=O) groups excluding carboxylic acids is 2. The Hall–Kier alpha value is -2.80. The van der Waals surface area contributed by atoms with Crippen molar-refractivity contribution in [2.45, 2.75) is 6.04 Å². The fourth-order valence-corrected chi connectivity index (χ4v) is 4.57. The van der Waals surface area contributed by atoms with E-state index in [1.165, 1.54) is 24.1 Å². The predicted molar refractivity (Wildman–Crippen MR) is 128 cm³/mol. The molecule has 1 N–H and O–H groups in total. The minimum atomic E-state index is -0.861. The highest BCUT2D eigenvalue weighted by Gasteiger charge is 2.47. The lowest BCUT2D eigenvalue weighted by atomic mass is 9.95. The Balaban J connectivity index is 1.99. The molecule has 1 amide bonds. The number of nitrogens with zero attached hydrogens (tertiary/aromatic N) is 1. The third-order valence-corrected chi connectivity index (χ3v) is 6.16. The lowest BCUT2D eigenvalue weighted by molar-refractivity contribution is -0.132. The first kappa shape index (κ1) is 22.4. The summed E-state index contributed by atoms with van der Waals surface area (Å²) in [5.41, 5.74) is 1.21. The number of hydrogen-bond acceptors (Lipinski definition) is 4. The van der Waals surface area contributed by atoms with E-state index >= 15 is 0 Å². The first-order chi connectivity index (χ1) is 15.3. The Morgan fingerprint density at radius 3 is 2.31 bits per heavy atom. The average molecular weight is 533 g/mol. The van der Waals surface area contributed by atoms with Gasteiger partial charge in [-0.3, -0.25) is 14.5 Å². The fraction of sp³-hybridized carbons (Fsp3) is 0.0833. The predicted octanol–water partition coefficient (Wildman–Crippen LogP) is 6.39. The Morgan fingerprint density at radius 2 is 1.69 bits per heavy atom. The van der Waals surface area contributed by atoms with Gasteiger partial charge in [0.2, 0.25) is 0 Å². The molecular formula is C24H16BrCl2NO4. The van der Waals surface area contributed by atoms with Crippen LogP contribution >= 0.6 is 39.1 Å². The van der Waals surface area contributed by atoms with Crippen molar-refractivity contribution in [3.63, 3.8) is 0 Å². The molecule has 0 saturated carbocycles. The van der Waals surface area contributed by atoms with Crippen LogP contribution in [-0.2, 0) is 9.59 Å². The van der Waals surface area contributed by atoms with Gasteiger partial charge < -0.3 is 9.84 Å². The van der Waals surface area contributed by atoms with Crippen LogP contribution < -0.4 is 9.64 Å². The van der Waals surface area contributed by atoms with E-state index in [1.807, 2.05) is 6.07 Å². The van der Waals surface area contributed by atoms with Crippen LogP contribution in [0.2, 0.25) is 10.0 Å². The second kappa shape index (κ2) is 8.98. The molecule has 3 aromatic rings. The van der Waals surface area contributed by atoms with E-state index in [0.29, 0.717) is 11.3 Å². The van der Waals surface area contributed by atoms with Crippen LogP contribution in [0, 0.1) is 0 Å². The molecule has 1 heterocycles. The monoisotopic (exact) mass is 531 g/mol. The van der Waals surface area contributed by atoms with Crippen LogP contribution in [0.1, 0.15) is 17.2 Å². The maximum absolute atomic E-state index is 13.2. The van der Waals surface area contributed by atoms with Gasteiger partial charge in [-0.05, 0) is 42.0 Å². The Kier molecular flexibility index (Phi) is 6.29. The normalized spacial score (nSPS) is 17.6. The molecule has 4 rings (SSSR count). The van der Waals surface area contributed by atoms with Gasteiger partial charge in [-0.15, -0.1) is 0 Å². The van der Waals surface area contributed by atoms with Crippen molar-refractivity contribution in [2.24, 2.45) is 0 Å². The van der Waals surface area contributed by atoms with Gasteiger partial charge >= 0.3 is 0 Å². The first-order valence-corrected chi connectivity index (χ1v) is 11.0. The van der Waals surface area contributed by atoms with Gasteiger partial charge in [0.15, 0.2) is 0 Å². The summed E-state index contributed by atoms with van der Waals surface area (Å²) in [4.78, 5) is 27.7. The zero-order valence-electron chi connectivity index (χ0n) is 16.7. The van der Waals surface area contributed by atoms with Gasteiger partial charge in [-0.2, -0.15) is 0 Å². The molecule has 1 aliphatic rings. The van der Waals surface area contributed by atoms with Gasteiger partial charge in [0.05, 0.1) is 29.3 Å².